The topological polar surface area (TPSA) is 537 Å². The number of carbonyl (C=O) groups is 13. The number of hydrogen-bond acceptors (Lipinski definition) is 19. The van der Waals surface area contributed by atoms with Crippen LogP contribution in [0.2, 0.25) is 0 Å². The summed E-state index contributed by atoms with van der Waals surface area (Å²) >= 11 is 0. The van der Waals surface area contributed by atoms with Crippen molar-refractivity contribution in [2.75, 3.05) is 26.2 Å². The zero-order chi connectivity index (χ0) is 89.6. The van der Waals surface area contributed by atoms with Gasteiger partial charge >= 0.3 is 5.97 Å². The second-order valence-corrected chi connectivity index (χ2v) is 32.5. The van der Waals surface area contributed by atoms with Gasteiger partial charge in [-0.25, -0.2) is 4.79 Å². The standard InChI is InChI=1S/C90H133N17O15/c1-56(2)48-70(102-85(116)72(50-58(5)6)103-84(115)71(49-57(3)4)101-82(113)69(39-23-27-47-94)99-81(112)68(38-22-26-46-93)98-80(111)67(37-21-25-45-92)97-79(110)66(95)36-20-24-44-91)83(114)96-59(7)78(109)100-73(51-60-28-12-8-13-29-60)86(117)106-76(54-64-40-42-65(108)43-41-64)88(119)104-74(52-61-30-14-9-15-31-61)87(118)105-75(53-62-32-16-10-17-33-62)89(120)107-77(90(121)122)55-63-34-18-11-19-35-63/h8-19,28-35,40-43,56-59,66-77,108H,20-27,36-39,44-55,91-95H2,1-7H3,(H,96,114)(H,97,110)(H,98,111)(H,99,112)(H,100,109)(H,101,113)(H,102,116)(H,103,115)(H,104,119)(H,105,118)(H,106,117)(H,107,120)(H,121,122)/t59-,66-,67-,68-,69-,70-,71-,72-,73-,74-,75-,76-,77-/m0/s1. The summed E-state index contributed by atoms with van der Waals surface area (Å²) in [4.78, 5) is 188. The highest BCUT2D eigenvalue weighted by molar-refractivity contribution is 6.00. The Hall–Kier alpha value is -11.2. The smallest absolute Gasteiger partial charge is 0.326 e. The molecule has 5 aromatic carbocycles. The van der Waals surface area contributed by atoms with Crippen LogP contribution in [0.1, 0.15) is 173 Å². The first-order valence-corrected chi connectivity index (χ1v) is 42.7. The van der Waals surface area contributed by atoms with Crippen LogP contribution < -0.4 is 92.5 Å². The van der Waals surface area contributed by atoms with Crippen LogP contribution >= 0.6 is 0 Å². The summed E-state index contributed by atoms with van der Waals surface area (Å²) in [5.41, 5.74) is 32.2. The number of benzene rings is 5. The van der Waals surface area contributed by atoms with Gasteiger partial charge in [-0.05, 0) is 181 Å². The average Bonchev–Trinajstić information content (AvgIpc) is 0.844. The van der Waals surface area contributed by atoms with Gasteiger partial charge in [0.15, 0.2) is 0 Å². The van der Waals surface area contributed by atoms with Crippen LogP contribution in [0.25, 0.3) is 0 Å². The van der Waals surface area contributed by atoms with E-state index in [1.807, 2.05) is 41.5 Å². The lowest BCUT2D eigenvalue weighted by molar-refractivity contribution is -0.142. The summed E-state index contributed by atoms with van der Waals surface area (Å²) < 4.78 is 0. The summed E-state index contributed by atoms with van der Waals surface area (Å²) in [7, 11) is 0. The van der Waals surface area contributed by atoms with Gasteiger partial charge in [-0.15, -0.1) is 0 Å². The molecule has 0 saturated carbocycles. The molecule has 5 rings (SSSR count). The van der Waals surface area contributed by atoms with E-state index in [1.54, 1.807) is 121 Å². The Bertz CT molecular complexity index is 4080. The molecule has 12 amide bonds. The molecule has 0 fully saturated rings. The molecular weight excluding hydrogens is 1560 g/mol. The van der Waals surface area contributed by atoms with Crippen molar-refractivity contribution in [3.63, 3.8) is 0 Å². The number of hydrogen-bond donors (Lipinski definition) is 19. The quantitative estimate of drug-likeness (QED) is 0.0249. The molecule has 122 heavy (non-hydrogen) atoms. The molecule has 0 radical (unpaired) electrons. The Morgan fingerprint density at radius 3 is 0.770 bits per heavy atom. The van der Waals surface area contributed by atoms with Crippen LogP contribution in [0.4, 0.5) is 0 Å². The molecule has 32 heteroatoms. The first-order valence-electron chi connectivity index (χ1n) is 42.7. The van der Waals surface area contributed by atoms with Gasteiger partial charge in [0, 0.05) is 32.1 Å². The van der Waals surface area contributed by atoms with Crippen molar-refractivity contribution in [2.45, 2.75) is 255 Å². The Kier molecular flexibility index (Phi) is 45.7. The number of nitrogens with two attached hydrogens (primary N) is 5. The summed E-state index contributed by atoms with van der Waals surface area (Å²) in [6.07, 6.45) is 4.20. The van der Waals surface area contributed by atoms with Crippen molar-refractivity contribution >= 4 is 76.9 Å². The van der Waals surface area contributed by atoms with E-state index in [-0.39, 0.29) is 101 Å². The third kappa shape index (κ3) is 37.8. The minimum absolute atomic E-state index is 0.0368. The molecule has 32 nitrogen and oxygen atoms in total. The third-order valence-corrected chi connectivity index (χ3v) is 20.5. The maximum Gasteiger partial charge on any atom is 0.326 e. The maximum atomic E-state index is 15.2. The molecule has 668 valence electrons. The Balaban J connectivity index is 1.38. The number of phenols is 1. The van der Waals surface area contributed by atoms with Crippen molar-refractivity contribution in [3.8, 4) is 5.75 Å². The summed E-state index contributed by atoms with van der Waals surface area (Å²) in [5.74, 6) is -11.3. The molecular formula is C90H133N17O15. The van der Waals surface area contributed by atoms with E-state index in [0.29, 0.717) is 105 Å². The fourth-order valence-electron chi connectivity index (χ4n) is 13.7. The minimum atomic E-state index is -1.51. The summed E-state index contributed by atoms with van der Waals surface area (Å²) in [6.45, 7) is 13.6. The zero-order valence-corrected chi connectivity index (χ0v) is 71.7. The van der Waals surface area contributed by atoms with Crippen LogP contribution in [-0.4, -0.2) is 192 Å². The number of nitrogens with one attached hydrogen (secondary N) is 12. The molecule has 13 atom stereocenters. The Morgan fingerprint density at radius 1 is 0.262 bits per heavy atom. The maximum absolute atomic E-state index is 15.2. The lowest BCUT2D eigenvalue weighted by Gasteiger charge is -2.29. The van der Waals surface area contributed by atoms with E-state index < -0.39 is 155 Å². The van der Waals surface area contributed by atoms with Gasteiger partial charge in [-0.2, -0.15) is 0 Å². The summed E-state index contributed by atoms with van der Waals surface area (Å²) in [5, 5.41) is 53.9. The van der Waals surface area contributed by atoms with Gasteiger partial charge < -0.3 is 103 Å². The van der Waals surface area contributed by atoms with Gasteiger partial charge in [-0.3, -0.25) is 57.5 Å². The fraction of sp³-hybridized carbons (Fsp3) is 0.522. The van der Waals surface area contributed by atoms with Gasteiger partial charge in [0.1, 0.15) is 78.3 Å². The third-order valence-electron chi connectivity index (χ3n) is 20.5. The number of carboxylic acids is 1. The number of aromatic hydroxyl groups is 1. The van der Waals surface area contributed by atoms with Crippen LogP contribution in [0.3, 0.4) is 0 Å². The molecule has 0 aliphatic rings. The predicted octanol–water partition coefficient (Wildman–Crippen LogP) is 2.81. The van der Waals surface area contributed by atoms with Gasteiger partial charge in [0.05, 0.1) is 6.04 Å². The van der Waals surface area contributed by atoms with Crippen molar-refractivity contribution in [1.29, 1.82) is 0 Å². The number of amides is 12. The predicted molar refractivity (Wildman–Crippen MR) is 467 cm³/mol. The highest BCUT2D eigenvalue weighted by Gasteiger charge is 2.38. The lowest BCUT2D eigenvalue weighted by atomic mass is 9.98. The van der Waals surface area contributed by atoms with Crippen molar-refractivity contribution < 1.29 is 72.5 Å². The van der Waals surface area contributed by atoms with Gasteiger partial charge in [-0.1, -0.05) is 181 Å². The highest BCUT2D eigenvalue weighted by Crippen LogP contribution is 2.19. The number of carbonyl (C=O) groups excluding carboxylic acids is 12. The van der Waals surface area contributed by atoms with Gasteiger partial charge in [0.2, 0.25) is 70.9 Å². The average molecular weight is 1690 g/mol. The van der Waals surface area contributed by atoms with Crippen LogP contribution in [0.5, 0.6) is 5.75 Å². The second-order valence-electron chi connectivity index (χ2n) is 32.5. The molecule has 0 spiro atoms. The first kappa shape index (κ1) is 101. The molecule has 0 bridgehead atoms. The van der Waals surface area contributed by atoms with E-state index in [9.17, 15) is 63.0 Å². The number of aliphatic carboxylic acids is 1. The summed E-state index contributed by atoms with van der Waals surface area (Å²) in [6, 6.07) is 23.6. The van der Waals surface area contributed by atoms with E-state index in [2.05, 4.69) is 63.8 Å². The Morgan fingerprint density at radius 2 is 0.484 bits per heavy atom. The number of rotatable bonds is 57. The minimum Gasteiger partial charge on any atom is -0.508 e. The van der Waals surface area contributed by atoms with Gasteiger partial charge in [0.25, 0.3) is 0 Å². The van der Waals surface area contributed by atoms with Crippen molar-refractivity contribution in [2.24, 2.45) is 46.4 Å². The molecule has 5 aromatic rings. The van der Waals surface area contributed by atoms with E-state index in [1.165, 1.54) is 31.2 Å². The second kappa shape index (κ2) is 55.0. The van der Waals surface area contributed by atoms with E-state index in [0.717, 1.165) is 0 Å². The Labute approximate surface area is 717 Å². The lowest BCUT2D eigenvalue weighted by Crippen LogP contribution is -2.61. The first-order chi connectivity index (χ1) is 58.3. The van der Waals surface area contributed by atoms with Crippen molar-refractivity contribution in [1.82, 2.24) is 63.8 Å². The molecule has 0 heterocycles. The fourth-order valence-corrected chi connectivity index (χ4v) is 13.7. The monoisotopic (exact) mass is 1690 g/mol. The SMILES string of the molecule is CC(C)C[C@H](NC(=O)[C@H](CC(C)C)NC(=O)[C@H](CC(C)C)NC(=O)[C@H](CCCCN)NC(=O)[C@H](CCCCN)NC(=O)[C@H](CCCCN)NC(=O)[C@@H](N)CCCCN)C(=O)N[C@@H](C)C(=O)N[C@@H](Cc1ccccc1)C(=O)N[C@@H](Cc1ccc(O)cc1)C(=O)N[C@@H](Cc1ccccc1)C(=O)N[C@@H](Cc1ccccc1)C(=O)N[C@@H](Cc1ccccc1)C(=O)O. The normalized spacial score (nSPS) is 14.5. The molecule has 0 saturated heterocycles. The van der Waals surface area contributed by atoms with Crippen LogP contribution in [-0.2, 0) is 94.4 Å². The van der Waals surface area contributed by atoms with Crippen LogP contribution in [0.15, 0.2) is 146 Å². The molecule has 0 aromatic heterocycles. The van der Waals surface area contributed by atoms with E-state index in [4.69, 9.17) is 28.7 Å². The number of phenolic OH excluding ortho intramolecular Hbond substituents is 1. The van der Waals surface area contributed by atoms with Crippen LogP contribution in [0, 0.1) is 17.8 Å². The zero-order valence-electron chi connectivity index (χ0n) is 71.7. The van der Waals surface area contributed by atoms with E-state index >= 15 is 9.59 Å². The molecule has 0 unspecified atom stereocenters. The largest absolute Gasteiger partial charge is 0.508 e. The molecule has 24 N–H and O–H groups in total. The molecule has 0 aliphatic heterocycles. The number of carboxylic acid groups (broad SMARTS) is 1. The molecule has 0 aliphatic carbocycles. The highest BCUT2D eigenvalue weighted by atomic mass is 16.4. The van der Waals surface area contributed by atoms with Crippen molar-refractivity contribution in [3.05, 3.63) is 173 Å². The number of unbranched alkanes of at least 4 members (excludes halogenated alkanes) is 4.